The molecule has 1 atom stereocenters. The summed E-state index contributed by atoms with van der Waals surface area (Å²) in [6, 6.07) is 4.87. The Bertz CT molecular complexity index is 329. The Morgan fingerprint density at radius 3 is 2.80 bits per heavy atom. The highest BCUT2D eigenvalue weighted by Crippen LogP contribution is 2.39. The minimum Gasteiger partial charge on any atom is -0.207 e. The van der Waals surface area contributed by atoms with Gasteiger partial charge in [-0.05, 0) is 43.7 Å². The number of benzene rings is 1. The normalized spacial score (nSPS) is 17.8. The minimum atomic E-state index is -0.182. The second kappa shape index (κ2) is 4.84. The molecule has 0 heterocycles. The number of hydrogen-bond donors (Lipinski definition) is 0. The fraction of sp³-hybridized carbons (Fsp3) is 0.500. The van der Waals surface area contributed by atoms with E-state index in [-0.39, 0.29) is 5.82 Å². The molecule has 0 saturated heterocycles. The predicted octanol–water partition coefficient (Wildman–Crippen LogP) is 4.59. The van der Waals surface area contributed by atoms with Crippen molar-refractivity contribution in [3.05, 3.63) is 34.6 Å². The van der Waals surface area contributed by atoms with E-state index in [1.54, 1.807) is 12.1 Å². The third-order valence-electron chi connectivity index (χ3n) is 2.87. The quantitative estimate of drug-likeness (QED) is 0.712. The summed E-state index contributed by atoms with van der Waals surface area (Å²) in [5, 5.41) is 0.547. The van der Waals surface area contributed by atoms with E-state index >= 15 is 0 Å². The Hall–Kier alpha value is -0.0800. The third-order valence-corrected chi connectivity index (χ3v) is 4.42. The van der Waals surface area contributed by atoms with Crippen molar-refractivity contribution in [2.75, 3.05) is 0 Å². The molecule has 0 nitrogen and oxygen atoms in total. The van der Waals surface area contributed by atoms with Crippen LogP contribution in [0.3, 0.4) is 0 Å². The van der Waals surface area contributed by atoms with Crippen molar-refractivity contribution >= 4 is 27.5 Å². The molecule has 0 N–H and O–H groups in total. The number of halogens is 3. The molecule has 0 spiro atoms. The Balaban J connectivity index is 1.97. The van der Waals surface area contributed by atoms with Crippen LogP contribution in [0.15, 0.2) is 18.2 Å². The van der Waals surface area contributed by atoms with E-state index in [9.17, 15) is 4.39 Å². The van der Waals surface area contributed by atoms with Crippen LogP contribution in [0, 0.1) is 11.7 Å². The van der Waals surface area contributed by atoms with Crippen molar-refractivity contribution < 1.29 is 4.39 Å². The van der Waals surface area contributed by atoms with E-state index in [1.165, 1.54) is 18.9 Å². The van der Waals surface area contributed by atoms with Crippen molar-refractivity contribution in [1.82, 2.24) is 0 Å². The van der Waals surface area contributed by atoms with Crippen molar-refractivity contribution in [2.24, 2.45) is 5.92 Å². The molecule has 0 bridgehead atoms. The second-order valence-corrected chi connectivity index (χ2v) is 5.68. The average Bonchev–Trinajstić information content (AvgIpc) is 2.99. The molecule has 82 valence electrons. The van der Waals surface area contributed by atoms with Crippen LogP contribution in [0.25, 0.3) is 0 Å². The van der Waals surface area contributed by atoms with E-state index in [4.69, 9.17) is 11.6 Å². The van der Waals surface area contributed by atoms with Crippen molar-refractivity contribution in [3.8, 4) is 0 Å². The standard InChI is InChI=1S/C12H13BrClF/c13-10(8-4-5-8)7-6-9-11(14)2-1-3-12(9)15/h1-3,8,10H,4-7H2. The van der Waals surface area contributed by atoms with Crippen molar-refractivity contribution in [3.63, 3.8) is 0 Å². The summed E-state index contributed by atoms with van der Waals surface area (Å²) in [6.45, 7) is 0. The molecule has 0 aliphatic heterocycles. The Morgan fingerprint density at radius 1 is 1.47 bits per heavy atom. The van der Waals surface area contributed by atoms with Gasteiger partial charge in [-0.25, -0.2) is 4.39 Å². The van der Waals surface area contributed by atoms with Crippen LogP contribution in [-0.2, 0) is 6.42 Å². The summed E-state index contributed by atoms with van der Waals surface area (Å²) in [5.41, 5.74) is 0.657. The van der Waals surface area contributed by atoms with Gasteiger partial charge in [0.15, 0.2) is 0 Å². The molecule has 1 aromatic rings. The van der Waals surface area contributed by atoms with Gasteiger partial charge in [-0.2, -0.15) is 0 Å². The maximum absolute atomic E-state index is 13.4. The summed E-state index contributed by atoms with van der Waals surface area (Å²) in [5.74, 6) is 0.619. The average molecular weight is 292 g/mol. The van der Waals surface area contributed by atoms with E-state index in [0.29, 0.717) is 15.4 Å². The lowest BCUT2D eigenvalue weighted by molar-refractivity contribution is 0.597. The Morgan fingerprint density at radius 2 is 2.20 bits per heavy atom. The smallest absolute Gasteiger partial charge is 0.127 e. The van der Waals surface area contributed by atoms with Crippen LogP contribution in [-0.4, -0.2) is 4.83 Å². The summed E-state index contributed by atoms with van der Waals surface area (Å²) >= 11 is 9.60. The lowest BCUT2D eigenvalue weighted by Crippen LogP contribution is -2.03. The first-order valence-corrected chi connectivity index (χ1v) is 6.55. The molecule has 15 heavy (non-hydrogen) atoms. The van der Waals surface area contributed by atoms with Gasteiger partial charge in [0.2, 0.25) is 0 Å². The number of rotatable bonds is 4. The molecule has 3 heteroatoms. The molecule has 0 aromatic heterocycles. The van der Waals surface area contributed by atoms with Gasteiger partial charge in [0.05, 0.1) is 0 Å². The van der Waals surface area contributed by atoms with Gasteiger partial charge in [-0.1, -0.05) is 33.6 Å². The van der Waals surface area contributed by atoms with E-state index < -0.39 is 0 Å². The topological polar surface area (TPSA) is 0 Å². The summed E-state index contributed by atoms with van der Waals surface area (Å²) < 4.78 is 13.4. The maximum atomic E-state index is 13.4. The molecule has 1 aliphatic carbocycles. The first-order chi connectivity index (χ1) is 7.18. The summed E-state index contributed by atoms with van der Waals surface area (Å²) in [6.07, 6.45) is 4.30. The predicted molar refractivity (Wildman–Crippen MR) is 65.2 cm³/mol. The van der Waals surface area contributed by atoms with Crippen LogP contribution < -0.4 is 0 Å². The molecule has 1 aliphatic rings. The van der Waals surface area contributed by atoms with Crippen molar-refractivity contribution in [2.45, 2.75) is 30.5 Å². The zero-order valence-electron chi connectivity index (χ0n) is 8.35. The number of hydrogen-bond acceptors (Lipinski definition) is 0. The van der Waals surface area contributed by atoms with Crippen LogP contribution in [0.1, 0.15) is 24.8 Å². The minimum absolute atomic E-state index is 0.182. The molecule has 2 rings (SSSR count). The Kier molecular flexibility index (Phi) is 3.68. The second-order valence-electron chi connectivity index (χ2n) is 4.09. The third kappa shape index (κ3) is 2.94. The van der Waals surface area contributed by atoms with E-state index in [1.807, 2.05) is 0 Å². The highest BCUT2D eigenvalue weighted by atomic mass is 79.9. The van der Waals surface area contributed by atoms with Crippen LogP contribution in [0.2, 0.25) is 5.02 Å². The van der Waals surface area contributed by atoms with Gasteiger partial charge in [-0.15, -0.1) is 0 Å². The largest absolute Gasteiger partial charge is 0.207 e. The van der Waals surface area contributed by atoms with Gasteiger partial charge < -0.3 is 0 Å². The lowest BCUT2D eigenvalue weighted by Gasteiger charge is -2.09. The molecule has 1 aromatic carbocycles. The molecule has 0 amide bonds. The molecule has 1 unspecified atom stereocenters. The van der Waals surface area contributed by atoms with Gasteiger partial charge in [0.25, 0.3) is 0 Å². The zero-order valence-corrected chi connectivity index (χ0v) is 10.7. The van der Waals surface area contributed by atoms with E-state index in [0.717, 1.165) is 18.8 Å². The summed E-state index contributed by atoms with van der Waals surface area (Å²) in [4.78, 5) is 0.521. The fourth-order valence-corrected chi connectivity index (χ4v) is 2.76. The monoisotopic (exact) mass is 290 g/mol. The number of alkyl halides is 1. The van der Waals surface area contributed by atoms with Gasteiger partial charge in [-0.3, -0.25) is 0 Å². The van der Waals surface area contributed by atoms with Gasteiger partial charge in [0, 0.05) is 15.4 Å². The van der Waals surface area contributed by atoms with Crippen molar-refractivity contribution in [1.29, 1.82) is 0 Å². The fourth-order valence-electron chi connectivity index (χ4n) is 1.75. The summed E-state index contributed by atoms with van der Waals surface area (Å²) in [7, 11) is 0. The molecular weight excluding hydrogens is 278 g/mol. The highest BCUT2D eigenvalue weighted by molar-refractivity contribution is 9.09. The lowest BCUT2D eigenvalue weighted by atomic mass is 10.1. The molecule has 1 fully saturated rings. The molecule has 1 saturated carbocycles. The Labute approximate surface area is 103 Å². The van der Waals surface area contributed by atoms with Gasteiger partial charge >= 0.3 is 0 Å². The molecular formula is C12H13BrClF. The molecule has 0 radical (unpaired) electrons. The highest BCUT2D eigenvalue weighted by Gasteiger charge is 2.29. The van der Waals surface area contributed by atoms with Gasteiger partial charge in [0.1, 0.15) is 5.82 Å². The van der Waals surface area contributed by atoms with Crippen LogP contribution in [0.4, 0.5) is 4.39 Å². The maximum Gasteiger partial charge on any atom is 0.127 e. The van der Waals surface area contributed by atoms with Crippen LogP contribution >= 0.6 is 27.5 Å². The first-order valence-electron chi connectivity index (χ1n) is 5.25. The van der Waals surface area contributed by atoms with Crippen LogP contribution in [0.5, 0.6) is 0 Å². The zero-order chi connectivity index (χ0) is 10.8. The van der Waals surface area contributed by atoms with E-state index in [2.05, 4.69) is 15.9 Å². The SMILES string of the molecule is Fc1cccc(Cl)c1CCC(Br)C1CC1. The first kappa shape index (κ1) is 11.4.